The Bertz CT molecular complexity index is 1270. The van der Waals surface area contributed by atoms with Crippen LogP contribution in [0.1, 0.15) is 29.0 Å². The summed E-state index contributed by atoms with van der Waals surface area (Å²) in [6.45, 7) is 0. The van der Waals surface area contributed by atoms with Gasteiger partial charge in [0.15, 0.2) is 5.11 Å². The molecule has 2 atom stereocenters. The molecule has 1 aliphatic rings. The molecule has 1 N–H and O–H groups in total. The van der Waals surface area contributed by atoms with Crippen LogP contribution in [0.25, 0.3) is 5.69 Å². The number of para-hydroxylation sites is 1. The highest BCUT2D eigenvalue weighted by Crippen LogP contribution is 2.42. The van der Waals surface area contributed by atoms with Crippen molar-refractivity contribution < 1.29 is 13.2 Å². The molecule has 0 aliphatic carbocycles. The molecule has 0 radical (unpaired) electrons. The Labute approximate surface area is 194 Å². The van der Waals surface area contributed by atoms with Gasteiger partial charge >= 0.3 is 6.18 Å². The van der Waals surface area contributed by atoms with E-state index in [0.717, 1.165) is 29.2 Å². The first-order chi connectivity index (χ1) is 15.9. The Morgan fingerprint density at radius 3 is 2.33 bits per heavy atom. The van der Waals surface area contributed by atoms with Crippen molar-refractivity contribution in [1.82, 2.24) is 14.9 Å². The predicted octanol–water partition coefficient (Wildman–Crippen LogP) is 6.07. The lowest BCUT2D eigenvalue weighted by Gasteiger charge is -2.29. The fourth-order valence-electron chi connectivity index (χ4n) is 4.22. The number of alkyl halides is 3. The standard InChI is InChI=1S/C25H19F3N4S/c26-25(27,28)17-8-6-11-19(16-17)31-15-7-13-21(31)23-22(20-12-4-5-14-29-20)30-24(33)32(23)18-9-2-1-3-10-18/h1-16,22-23H,(H,30,33)/t22-,23-/m1/s1. The van der Waals surface area contributed by atoms with Crippen LogP contribution in [0.3, 0.4) is 0 Å². The normalized spacial score (nSPS) is 18.4. The molecular formula is C25H19F3N4S. The molecule has 1 saturated heterocycles. The fourth-order valence-corrected chi connectivity index (χ4v) is 4.57. The van der Waals surface area contributed by atoms with Crippen molar-refractivity contribution >= 4 is 23.0 Å². The van der Waals surface area contributed by atoms with Gasteiger partial charge in [-0.2, -0.15) is 13.2 Å². The number of pyridine rings is 1. The fraction of sp³-hybridized carbons (Fsp3) is 0.120. The Hall–Kier alpha value is -3.65. The summed E-state index contributed by atoms with van der Waals surface area (Å²) in [6.07, 6.45) is -0.939. The second-order valence-corrected chi connectivity index (χ2v) is 8.07. The maximum atomic E-state index is 13.4. The van der Waals surface area contributed by atoms with Gasteiger partial charge in [0.05, 0.1) is 17.3 Å². The van der Waals surface area contributed by atoms with Crippen LogP contribution in [0.2, 0.25) is 0 Å². The average Bonchev–Trinajstić information content (AvgIpc) is 3.44. The zero-order chi connectivity index (χ0) is 23.0. The Balaban J connectivity index is 1.66. The van der Waals surface area contributed by atoms with Gasteiger partial charge in [-0.25, -0.2) is 0 Å². The molecule has 0 amide bonds. The third kappa shape index (κ3) is 3.98. The van der Waals surface area contributed by atoms with E-state index in [4.69, 9.17) is 12.2 Å². The van der Waals surface area contributed by atoms with E-state index in [2.05, 4.69) is 10.3 Å². The molecule has 5 rings (SSSR count). The second-order valence-electron chi connectivity index (χ2n) is 7.68. The number of rotatable bonds is 4. The molecule has 33 heavy (non-hydrogen) atoms. The minimum atomic E-state index is -4.42. The van der Waals surface area contributed by atoms with Gasteiger partial charge in [0, 0.05) is 29.5 Å². The smallest absolute Gasteiger partial charge is 0.351 e. The first-order valence-electron chi connectivity index (χ1n) is 10.3. The first kappa shape index (κ1) is 21.2. The molecule has 8 heteroatoms. The number of nitrogens with one attached hydrogen (secondary N) is 1. The summed E-state index contributed by atoms with van der Waals surface area (Å²) in [7, 11) is 0. The van der Waals surface area contributed by atoms with Crippen LogP contribution < -0.4 is 10.2 Å². The first-order valence-corrected chi connectivity index (χ1v) is 10.7. The summed E-state index contributed by atoms with van der Waals surface area (Å²) in [5, 5.41) is 3.90. The molecule has 4 aromatic rings. The van der Waals surface area contributed by atoms with Crippen LogP contribution in [0.15, 0.2) is 97.3 Å². The molecule has 1 fully saturated rings. The molecule has 0 unspecified atom stereocenters. The molecule has 2 aromatic carbocycles. The van der Waals surface area contributed by atoms with Gasteiger partial charge < -0.3 is 14.8 Å². The molecule has 1 aliphatic heterocycles. The second kappa shape index (κ2) is 8.37. The Morgan fingerprint density at radius 1 is 0.848 bits per heavy atom. The number of nitrogens with zero attached hydrogens (tertiary/aromatic N) is 3. The number of benzene rings is 2. The summed E-state index contributed by atoms with van der Waals surface area (Å²) in [5.74, 6) is 0. The van der Waals surface area contributed by atoms with Gasteiger partial charge in [-0.3, -0.25) is 4.98 Å². The van der Waals surface area contributed by atoms with E-state index in [9.17, 15) is 13.2 Å². The van der Waals surface area contributed by atoms with Crippen LogP contribution in [-0.2, 0) is 6.18 Å². The molecule has 2 aromatic heterocycles. The van der Waals surface area contributed by atoms with E-state index in [0.29, 0.717) is 10.8 Å². The minimum absolute atomic E-state index is 0.293. The molecule has 4 nitrogen and oxygen atoms in total. The summed E-state index contributed by atoms with van der Waals surface area (Å²) in [6, 6.07) is 23.8. The van der Waals surface area contributed by atoms with E-state index in [1.54, 1.807) is 23.0 Å². The maximum Gasteiger partial charge on any atom is 0.416 e. The minimum Gasteiger partial charge on any atom is -0.351 e. The van der Waals surface area contributed by atoms with Gasteiger partial charge in [0.1, 0.15) is 6.04 Å². The average molecular weight is 465 g/mol. The zero-order valence-electron chi connectivity index (χ0n) is 17.3. The molecule has 3 heterocycles. The molecule has 0 saturated carbocycles. The van der Waals surface area contributed by atoms with Gasteiger partial charge in [-0.15, -0.1) is 0 Å². The van der Waals surface area contributed by atoms with Gasteiger partial charge in [-0.1, -0.05) is 30.3 Å². The van der Waals surface area contributed by atoms with Crippen molar-refractivity contribution in [3.63, 3.8) is 0 Å². The molecule has 0 bridgehead atoms. The largest absolute Gasteiger partial charge is 0.416 e. The van der Waals surface area contributed by atoms with E-state index >= 15 is 0 Å². The van der Waals surface area contributed by atoms with Crippen molar-refractivity contribution in [3.05, 3.63) is 114 Å². The lowest BCUT2D eigenvalue weighted by Crippen LogP contribution is -2.30. The summed E-state index contributed by atoms with van der Waals surface area (Å²) < 4.78 is 41.9. The van der Waals surface area contributed by atoms with Crippen LogP contribution >= 0.6 is 12.2 Å². The third-order valence-corrected chi connectivity index (χ3v) is 5.98. The van der Waals surface area contributed by atoms with Crippen LogP contribution in [0.5, 0.6) is 0 Å². The molecule has 0 spiro atoms. The number of anilines is 1. The number of hydrogen-bond donors (Lipinski definition) is 1. The van der Waals surface area contributed by atoms with Crippen molar-refractivity contribution in [2.45, 2.75) is 18.3 Å². The number of hydrogen-bond acceptors (Lipinski definition) is 2. The number of halogens is 3. The number of thiocarbonyl (C=S) groups is 1. The van der Waals surface area contributed by atoms with Crippen LogP contribution in [0.4, 0.5) is 18.9 Å². The number of aromatic nitrogens is 2. The quantitative estimate of drug-likeness (QED) is 0.372. The molecular weight excluding hydrogens is 445 g/mol. The zero-order valence-corrected chi connectivity index (χ0v) is 18.1. The third-order valence-electron chi connectivity index (χ3n) is 5.67. The van der Waals surface area contributed by atoms with Gasteiger partial charge in [0.2, 0.25) is 0 Å². The van der Waals surface area contributed by atoms with E-state index < -0.39 is 11.7 Å². The summed E-state index contributed by atoms with van der Waals surface area (Å²) >= 11 is 5.71. The monoisotopic (exact) mass is 464 g/mol. The summed E-state index contributed by atoms with van der Waals surface area (Å²) in [4.78, 5) is 6.52. The van der Waals surface area contributed by atoms with E-state index in [1.165, 1.54) is 6.07 Å². The van der Waals surface area contributed by atoms with E-state index in [-0.39, 0.29) is 12.1 Å². The highest BCUT2D eigenvalue weighted by atomic mass is 32.1. The lowest BCUT2D eigenvalue weighted by atomic mass is 10.0. The SMILES string of the molecule is FC(F)(F)c1cccc(-n2cccc2[C@@H]2[C@@H](c3ccccn3)NC(=S)N2c2ccccc2)c1. The highest BCUT2D eigenvalue weighted by Gasteiger charge is 2.42. The van der Waals surface area contributed by atoms with Crippen LogP contribution in [-0.4, -0.2) is 14.7 Å². The summed E-state index contributed by atoms with van der Waals surface area (Å²) in [5.41, 5.74) is 2.20. The highest BCUT2D eigenvalue weighted by molar-refractivity contribution is 7.80. The van der Waals surface area contributed by atoms with Crippen molar-refractivity contribution in [2.24, 2.45) is 0 Å². The van der Waals surface area contributed by atoms with Gasteiger partial charge in [-0.05, 0) is 66.8 Å². The lowest BCUT2D eigenvalue weighted by molar-refractivity contribution is -0.137. The van der Waals surface area contributed by atoms with Crippen molar-refractivity contribution in [2.75, 3.05) is 4.90 Å². The van der Waals surface area contributed by atoms with Crippen molar-refractivity contribution in [3.8, 4) is 5.69 Å². The topological polar surface area (TPSA) is 33.1 Å². The predicted molar refractivity (Wildman–Crippen MR) is 125 cm³/mol. The molecule has 166 valence electrons. The Morgan fingerprint density at radius 2 is 1.61 bits per heavy atom. The maximum absolute atomic E-state index is 13.4. The van der Waals surface area contributed by atoms with Crippen molar-refractivity contribution in [1.29, 1.82) is 0 Å². The van der Waals surface area contributed by atoms with Crippen LogP contribution in [0, 0.1) is 0 Å². The van der Waals surface area contributed by atoms with Gasteiger partial charge in [0.25, 0.3) is 0 Å². The Kier molecular flexibility index (Phi) is 5.38. The van der Waals surface area contributed by atoms with E-state index in [1.807, 2.05) is 65.6 Å².